The topological polar surface area (TPSA) is 39.1 Å². The Hall–Kier alpha value is -0.870. The van der Waals surface area contributed by atoms with E-state index in [1.54, 1.807) is 0 Å². The maximum Gasteiger partial charge on any atom is 0.108 e. The molecule has 3 fully saturated rings. The standard InChI is InChI=1S/C17H27N3O/c1-20-10-9-18-15(20)6-7-17(12-19-14-4-5-14)8-11-21-16(17)13-2-3-13/h9-10,13-14,16,19H,2-8,11-12H2,1H3. The molecule has 1 aromatic rings. The van der Waals surface area contributed by atoms with Gasteiger partial charge >= 0.3 is 0 Å². The van der Waals surface area contributed by atoms with E-state index in [2.05, 4.69) is 21.9 Å². The van der Waals surface area contributed by atoms with Crippen LogP contribution in [0.25, 0.3) is 0 Å². The molecular formula is C17H27N3O. The molecule has 4 heteroatoms. The highest BCUT2D eigenvalue weighted by Crippen LogP contribution is 2.50. The van der Waals surface area contributed by atoms with Crippen LogP contribution in [0.15, 0.2) is 12.4 Å². The first-order chi connectivity index (χ1) is 10.3. The van der Waals surface area contributed by atoms with Crippen LogP contribution in [0, 0.1) is 11.3 Å². The number of aromatic nitrogens is 2. The monoisotopic (exact) mass is 289 g/mol. The number of rotatable bonds is 7. The third-order valence-corrected chi connectivity index (χ3v) is 5.64. The largest absolute Gasteiger partial charge is 0.377 e. The van der Waals surface area contributed by atoms with Gasteiger partial charge in [-0.25, -0.2) is 4.98 Å². The van der Waals surface area contributed by atoms with Gasteiger partial charge in [0, 0.05) is 50.5 Å². The van der Waals surface area contributed by atoms with Gasteiger partial charge in [0.1, 0.15) is 5.82 Å². The Morgan fingerprint density at radius 3 is 2.90 bits per heavy atom. The Balaban J connectivity index is 1.46. The van der Waals surface area contributed by atoms with E-state index >= 15 is 0 Å². The van der Waals surface area contributed by atoms with Crippen LogP contribution in [0.4, 0.5) is 0 Å². The van der Waals surface area contributed by atoms with Crippen LogP contribution in [-0.4, -0.2) is 34.8 Å². The Kier molecular flexibility index (Phi) is 3.54. The van der Waals surface area contributed by atoms with Crippen molar-refractivity contribution in [2.75, 3.05) is 13.2 Å². The van der Waals surface area contributed by atoms with Crippen molar-refractivity contribution in [1.82, 2.24) is 14.9 Å². The summed E-state index contributed by atoms with van der Waals surface area (Å²) in [7, 11) is 2.10. The lowest BCUT2D eigenvalue weighted by molar-refractivity contribution is 0.0262. The van der Waals surface area contributed by atoms with Gasteiger partial charge in [0.25, 0.3) is 0 Å². The molecular weight excluding hydrogens is 262 g/mol. The maximum atomic E-state index is 6.18. The Morgan fingerprint density at radius 1 is 1.38 bits per heavy atom. The van der Waals surface area contributed by atoms with Crippen LogP contribution in [0.1, 0.15) is 44.3 Å². The number of hydrogen-bond donors (Lipinski definition) is 1. The number of aryl methyl sites for hydroxylation is 2. The Morgan fingerprint density at radius 2 is 2.24 bits per heavy atom. The first-order valence-corrected chi connectivity index (χ1v) is 8.58. The fourth-order valence-electron chi connectivity index (χ4n) is 3.92. The number of nitrogens with one attached hydrogen (secondary N) is 1. The molecule has 2 atom stereocenters. The zero-order chi connectivity index (χ0) is 14.3. The van der Waals surface area contributed by atoms with E-state index in [1.165, 1.54) is 44.3 Å². The Bertz CT molecular complexity index is 492. The lowest BCUT2D eigenvalue weighted by Crippen LogP contribution is -2.43. The van der Waals surface area contributed by atoms with Crippen molar-refractivity contribution < 1.29 is 4.74 Å². The number of nitrogens with zero attached hydrogens (tertiary/aromatic N) is 2. The van der Waals surface area contributed by atoms with Gasteiger partial charge < -0.3 is 14.6 Å². The highest BCUT2D eigenvalue weighted by Gasteiger charge is 2.50. The molecule has 4 rings (SSSR count). The zero-order valence-electron chi connectivity index (χ0n) is 13.1. The molecule has 1 aromatic heterocycles. The minimum absolute atomic E-state index is 0.343. The van der Waals surface area contributed by atoms with Gasteiger partial charge in [-0.05, 0) is 44.4 Å². The molecule has 2 heterocycles. The molecule has 3 aliphatic rings. The van der Waals surface area contributed by atoms with Crippen LogP contribution in [0.3, 0.4) is 0 Å². The smallest absolute Gasteiger partial charge is 0.108 e. The Labute approximate surface area is 127 Å². The third kappa shape index (κ3) is 2.88. The van der Waals surface area contributed by atoms with Crippen LogP contribution < -0.4 is 5.32 Å². The van der Waals surface area contributed by atoms with E-state index in [0.29, 0.717) is 11.5 Å². The summed E-state index contributed by atoms with van der Waals surface area (Å²) in [6.45, 7) is 2.09. The molecule has 4 nitrogen and oxygen atoms in total. The normalized spacial score (nSPS) is 32.7. The third-order valence-electron chi connectivity index (χ3n) is 5.64. The SMILES string of the molecule is Cn1ccnc1CCC1(CNC2CC2)CCOC1C1CC1. The van der Waals surface area contributed by atoms with E-state index < -0.39 is 0 Å². The lowest BCUT2D eigenvalue weighted by atomic mass is 9.75. The summed E-state index contributed by atoms with van der Waals surface area (Å²) in [4.78, 5) is 4.50. The predicted octanol–water partition coefficient (Wildman–Crippen LogP) is 2.29. The van der Waals surface area contributed by atoms with Crippen molar-refractivity contribution in [2.24, 2.45) is 18.4 Å². The molecule has 1 saturated heterocycles. The fraction of sp³-hybridized carbons (Fsp3) is 0.824. The first kappa shape index (κ1) is 13.8. The zero-order valence-corrected chi connectivity index (χ0v) is 13.1. The quantitative estimate of drug-likeness (QED) is 0.837. The summed E-state index contributed by atoms with van der Waals surface area (Å²) >= 11 is 0. The van der Waals surface area contributed by atoms with Crippen molar-refractivity contribution in [3.63, 3.8) is 0 Å². The lowest BCUT2D eigenvalue weighted by Gasteiger charge is -2.35. The molecule has 2 saturated carbocycles. The van der Waals surface area contributed by atoms with E-state index in [0.717, 1.165) is 31.5 Å². The van der Waals surface area contributed by atoms with Gasteiger partial charge in [-0.3, -0.25) is 0 Å². The molecule has 2 unspecified atom stereocenters. The van der Waals surface area contributed by atoms with Crippen molar-refractivity contribution in [3.8, 4) is 0 Å². The molecule has 116 valence electrons. The van der Waals surface area contributed by atoms with Gasteiger partial charge in [0.2, 0.25) is 0 Å². The molecule has 0 amide bonds. The van der Waals surface area contributed by atoms with Gasteiger partial charge in [-0.1, -0.05) is 0 Å². The molecule has 1 N–H and O–H groups in total. The second-order valence-corrected chi connectivity index (χ2v) is 7.35. The maximum absolute atomic E-state index is 6.18. The van der Waals surface area contributed by atoms with Gasteiger partial charge in [-0.15, -0.1) is 0 Å². The number of imidazole rings is 1. The minimum atomic E-state index is 0.343. The minimum Gasteiger partial charge on any atom is -0.377 e. The number of hydrogen-bond acceptors (Lipinski definition) is 3. The van der Waals surface area contributed by atoms with Crippen LogP contribution in [0.5, 0.6) is 0 Å². The van der Waals surface area contributed by atoms with E-state index in [4.69, 9.17) is 4.74 Å². The second-order valence-electron chi connectivity index (χ2n) is 7.35. The van der Waals surface area contributed by atoms with E-state index in [1.807, 2.05) is 12.4 Å². The average Bonchev–Trinajstić information content (AvgIpc) is 3.41. The molecule has 0 bridgehead atoms. The van der Waals surface area contributed by atoms with E-state index in [9.17, 15) is 0 Å². The molecule has 0 radical (unpaired) electrons. The second kappa shape index (κ2) is 5.40. The summed E-state index contributed by atoms with van der Waals surface area (Å²) in [5.74, 6) is 2.04. The van der Waals surface area contributed by atoms with Crippen molar-refractivity contribution in [1.29, 1.82) is 0 Å². The molecule has 2 aliphatic carbocycles. The van der Waals surface area contributed by atoms with Gasteiger partial charge in [0.05, 0.1) is 6.10 Å². The van der Waals surface area contributed by atoms with Crippen molar-refractivity contribution in [3.05, 3.63) is 18.2 Å². The van der Waals surface area contributed by atoms with Gasteiger partial charge in [0.15, 0.2) is 0 Å². The van der Waals surface area contributed by atoms with E-state index in [-0.39, 0.29) is 0 Å². The molecule has 0 spiro atoms. The summed E-state index contributed by atoms with van der Waals surface area (Å²) < 4.78 is 8.34. The summed E-state index contributed by atoms with van der Waals surface area (Å²) in [6, 6.07) is 0.787. The molecule has 1 aliphatic heterocycles. The molecule has 21 heavy (non-hydrogen) atoms. The van der Waals surface area contributed by atoms with Crippen LogP contribution in [-0.2, 0) is 18.2 Å². The highest BCUT2D eigenvalue weighted by molar-refractivity contribution is 5.03. The summed E-state index contributed by atoms with van der Waals surface area (Å²) in [6.07, 6.45) is 13.4. The van der Waals surface area contributed by atoms with Crippen molar-refractivity contribution in [2.45, 2.75) is 57.1 Å². The number of ether oxygens (including phenoxy) is 1. The highest BCUT2D eigenvalue weighted by atomic mass is 16.5. The summed E-state index contributed by atoms with van der Waals surface area (Å²) in [5.41, 5.74) is 0.343. The fourth-order valence-corrected chi connectivity index (χ4v) is 3.92. The van der Waals surface area contributed by atoms with Crippen LogP contribution in [0.2, 0.25) is 0 Å². The van der Waals surface area contributed by atoms with Crippen molar-refractivity contribution >= 4 is 0 Å². The predicted molar refractivity (Wildman–Crippen MR) is 82.1 cm³/mol. The average molecular weight is 289 g/mol. The summed E-state index contributed by atoms with van der Waals surface area (Å²) in [5, 5.41) is 3.79. The van der Waals surface area contributed by atoms with Gasteiger partial charge in [-0.2, -0.15) is 0 Å². The van der Waals surface area contributed by atoms with Crippen LogP contribution >= 0.6 is 0 Å². The molecule has 0 aromatic carbocycles. The first-order valence-electron chi connectivity index (χ1n) is 8.58.